The van der Waals surface area contributed by atoms with Gasteiger partial charge in [-0.25, -0.2) is 4.98 Å². The largest absolute Gasteiger partial charge is 0.416 e. The summed E-state index contributed by atoms with van der Waals surface area (Å²) < 4.78 is 38.5. The van der Waals surface area contributed by atoms with Gasteiger partial charge in [-0.2, -0.15) is 13.2 Å². The summed E-state index contributed by atoms with van der Waals surface area (Å²) in [6, 6.07) is 5.16. The van der Waals surface area contributed by atoms with E-state index in [4.69, 9.17) is 0 Å². The van der Waals surface area contributed by atoms with E-state index in [0.29, 0.717) is 22.2 Å². The van der Waals surface area contributed by atoms with Crippen molar-refractivity contribution >= 4 is 17.2 Å². The number of hydrogen-bond donors (Lipinski definition) is 2. The molecule has 8 heteroatoms. The second-order valence-electron chi connectivity index (χ2n) is 6.54. The number of rotatable bonds is 4. The number of thiazole rings is 1. The van der Waals surface area contributed by atoms with E-state index < -0.39 is 11.7 Å². The summed E-state index contributed by atoms with van der Waals surface area (Å²) in [6.07, 6.45) is -3.25. The van der Waals surface area contributed by atoms with Crippen LogP contribution in [-0.2, 0) is 17.4 Å². The number of carbonyl (C=O) groups excluding carboxylic acids is 1. The number of benzene rings is 1. The molecule has 2 heterocycles. The first kappa shape index (κ1) is 18.8. The fraction of sp³-hybridized carbons (Fsp3) is 0.444. The molecule has 1 aliphatic heterocycles. The van der Waals surface area contributed by atoms with Crippen LogP contribution in [-0.4, -0.2) is 30.0 Å². The van der Waals surface area contributed by atoms with Crippen LogP contribution in [0, 0.1) is 5.92 Å². The molecule has 3 rings (SSSR count). The van der Waals surface area contributed by atoms with Crippen LogP contribution in [0.2, 0.25) is 0 Å². The molecular weight excluding hydrogens is 363 g/mol. The van der Waals surface area contributed by atoms with Crippen LogP contribution in [0.4, 0.5) is 13.2 Å². The molecule has 140 valence electrons. The number of hydrogen-bond acceptors (Lipinski definition) is 4. The number of nitrogens with one attached hydrogen (secondary N) is 2. The first-order valence-electron chi connectivity index (χ1n) is 8.45. The molecule has 1 saturated heterocycles. The molecule has 0 radical (unpaired) electrons. The summed E-state index contributed by atoms with van der Waals surface area (Å²) in [5.41, 5.74) is 0.265. The van der Waals surface area contributed by atoms with Gasteiger partial charge in [0.2, 0.25) is 5.91 Å². The van der Waals surface area contributed by atoms with Gasteiger partial charge in [0.15, 0.2) is 0 Å². The van der Waals surface area contributed by atoms with E-state index in [2.05, 4.69) is 22.5 Å². The van der Waals surface area contributed by atoms with Gasteiger partial charge in [0.05, 0.1) is 17.7 Å². The zero-order valence-electron chi connectivity index (χ0n) is 14.3. The van der Waals surface area contributed by atoms with Gasteiger partial charge in [-0.1, -0.05) is 19.1 Å². The van der Waals surface area contributed by atoms with E-state index in [-0.39, 0.29) is 18.4 Å². The Morgan fingerprint density at radius 3 is 2.96 bits per heavy atom. The Morgan fingerprint density at radius 1 is 1.42 bits per heavy atom. The molecule has 1 aliphatic rings. The van der Waals surface area contributed by atoms with Gasteiger partial charge >= 0.3 is 6.18 Å². The third kappa shape index (κ3) is 4.62. The predicted molar refractivity (Wildman–Crippen MR) is 94.8 cm³/mol. The van der Waals surface area contributed by atoms with Gasteiger partial charge < -0.3 is 10.6 Å². The van der Waals surface area contributed by atoms with E-state index in [9.17, 15) is 18.0 Å². The highest BCUT2D eigenvalue weighted by Gasteiger charge is 2.30. The second-order valence-corrected chi connectivity index (χ2v) is 7.40. The van der Waals surface area contributed by atoms with Gasteiger partial charge in [-0.3, -0.25) is 4.79 Å². The molecule has 0 spiro atoms. The van der Waals surface area contributed by atoms with E-state index in [0.717, 1.165) is 31.6 Å². The van der Waals surface area contributed by atoms with Crippen LogP contribution in [0.25, 0.3) is 10.6 Å². The van der Waals surface area contributed by atoms with Crippen molar-refractivity contribution in [1.29, 1.82) is 0 Å². The minimum Gasteiger partial charge on any atom is -0.351 e. The molecule has 1 fully saturated rings. The maximum absolute atomic E-state index is 12.8. The van der Waals surface area contributed by atoms with Crippen LogP contribution in [0.5, 0.6) is 0 Å². The number of nitrogens with zero attached hydrogens (tertiary/aromatic N) is 1. The maximum Gasteiger partial charge on any atom is 0.416 e. The minimum atomic E-state index is -4.39. The SMILES string of the molecule is CC1CCNCC1NC(=O)Cc1csc(-c2cccc(C(F)(F)F)c2)n1. The zero-order chi connectivity index (χ0) is 18.7. The molecule has 0 saturated carbocycles. The summed E-state index contributed by atoms with van der Waals surface area (Å²) in [7, 11) is 0. The molecule has 26 heavy (non-hydrogen) atoms. The summed E-state index contributed by atoms with van der Waals surface area (Å²) in [5.74, 6) is 0.294. The van der Waals surface area contributed by atoms with Crippen LogP contribution >= 0.6 is 11.3 Å². The van der Waals surface area contributed by atoms with Gasteiger partial charge in [-0.15, -0.1) is 11.3 Å². The zero-order valence-corrected chi connectivity index (χ0v) is 15.1. The van der Waals surface area contributed by atoms with Crippen molar-refractivity contribution in [1.82, 2.24) is 15.6 Å². The monoisotopic (exact) mass is 383 g/mol. The quantitative estimate of drug-likeness (QED) is 0.850. The average Bonchev–Trinajstić information content (AvgIpc) is 3.05. The highest BCUT2D eigenvalue weighted by Crippen LogP contribution is 2.33. The van der Waals surface area contributed by atoms with Gasteiger partial charge in [0.25, 0.3) is 0 Å². The molecule has 4 nitrogen and oxygen atoms in total. The molecule has 2 atom stereocenters. The normalized spacial score (nSPS) is 20.8. The highest BCUT2D eigenvalue weighted by atomic mass is 32.1. The first-order valence-corrected chi connectivity index (χ1v) is 9.33. The Balaban J connectivity index is 1.65. The van der Waals surface area contributed by atoms with Crippen molar-refractivity contribution in [2.45, 2.75) is 32.0 Å². The van der Waals surface area contributed by atoms with Crippen LogP contribution < -0.4 is 10.6 Å². The number of piperidine rings is 1. The average molecular weight is 383 g/mol. The number of alkyl halides is 3. The van der Waals surface area contributed by atoms with Crippen molar-refractivity contribution in [3.63, 3.8) is 0 Å². The molecular formula is C18H20F3N3OS. The van der Waals surface area contributed by atoms with E-state index >= 15 is 0 Å². The number of aromatic nitrogens is 1. The van der Waals surface area contributed by atoms with Crippen molar-refractivity contribution < 1.29 is 18.0 Å². The Kier molecular flexibility index (Phi) is 5.62. The Bertz CT molecular complexity index is 775. The van der Waals surface area contributed by atoms with Crippen molar-refractivity contribution in [2.75, 3.05) is 13.1 Å². The smallest absolute Gasteiger partial charge is 0.351 e. The minimum absolute atomic E-state index is 0.0952. The number of amides is 1. The number of halogens is 3. The van der Waals surface area contributed by atoms with Crippen LogP contribution in [0.15, 0.2) is 29.6 Å². The summed E-state index contributed by atoms with van der Waals surface area (Å²) in [6.45, 7) is 3.82. The topological polar surface area (TPSA) is 54.0 Å². The molecule has 1 aromatic heterocycles. The highest BCUT2D eigenvalue weighted by molar-refractivity contribution is 7.13. The predicted octanol–water partition coefficient (Wildman–Crippen LogP) is 3.49. The Hall–Kier alpha value is -1.93. The van der Waals surface area contributed by atoms with E-state index in [1.807, 2.05) is 0 Å². The summed E-state index contributed by atoms with van der Waals surface area (Å²) in [4.78, 5) is 16.6. The third-order valence-corrected chi connectivity index (χ3v) is 5.44. The molecule has 2 unspecified atom stereocenters. The molecule has 1 amide bonds. The van der Waals surface area contributed by atoms with Crippen molar-refractivity contribution in [3.05, 3.63) is 40.9 Å². The van der Waals surface area contributed by atoms with Gasteiger partial charge in [0.1, 0.15) is 5.01 Å². The molecule has 1 aromatic carbocycles. The fourth-order valence-electron chi connectivity index (χ4n) is 2.95. The van der Waals surface area contributed by atoms with Crippen molar-refractivity contribution in [2.24, 2.45) is 5.92 Å². The lowest BCUT2D eigenvalue weighted by atomic mass is 9.95. The molecule has 0 aliphatic carbocycles. The maximum atomic E-state index is 12.8. The van der Waals surface area contributed by atoms with E-state index in [1.54, 1.807) is 11.4 Å². The van der Waals surface area contributed by atoms with Gasteiger partial charge in [0, 0.05) is 23.5 Å². The molecule has 2 N–H and O–H groups in total. The third-order valence-electron chi connectivity index (χ3n) is 4.50. The summed E-state index contributed by atoms with van der Waals surface area (Å²) in [5, 5.41) is 8.47. The summed E-state index contributed by atoms with van der Waals surface area (Å²) >= 11 is 1.24. The lowest BCUT2D eigenvalue weighted by Gasteiger charge is -2.30. The van der Waals surface area contributed by atoms with Crippen LogP contribution in [0.1, 0.15) is 24.6 Å². The van der Waals surface area contributed by atoms with Gasteiger partial charge in [-0.05, 0) is 31.0 Å². The Labute approximate surface area is 153 Å². The standard InChI is InChI=1S/C18H20F3N3OS/c1-11-5-6-22-9-15(11)24-16(25)8-14-10-26-17(23-14)12-3-2-4-13(7-12)18(19,20)21/h2-4,7,10-11,15,22H,5-6,8-9H2,1H3,(H,24,25). The second kappa shape index (κ2) is 7.75. The Morgan fingerprint density at radius 2 is 2.23 bits per heavy atom. The van der Waals surface area contributed by atoms with Crippen LogP contribution in [0.3, 0.4) is 0 Å². The molecule has 2 aromatic rings. The lowest BCUT2D eigenvalue weighted by Crippen LogP contribution is -2.50. The first-order chi connectivity index (χ1) is 12.3. The lowest BCUT2D eigenvalue weighted by molar-refractivity contribution is -0.137. The number of carbonyl (C=O) groups is 1. The fourth-order valence-corrected chi connectivity index (χ4v) is 3.77. The molecule has 0 bridgehead atoms. The van der Waals surface area contributed by atoms with Crippen molar-refractivity contribution in [3.8, 4) is 10.6 Å². The van der Waals surface area contributed by atoms with E-state index in [1.165, 1.54) is 17.4 Å².